The molecule has 0 aromatic rings. The van der Waals surface area contributed by atoms with E-state index in [0.717, 1.165) is 32.5 Å². The number of carbonyl (C=O) groups is 1. The Morgan fingerprint density at radius 1 is 1.53 bits per heavy atom. The van der Waals surface area contributed by atoms with E-state index >= 15 is 0 Å². The van der Waals surface area contributed by atoms with Crippen molar-refractivity contribution in [3.8, 4) is 0 Å². The fraction of sp³-hybridized carbons (Fsp3) is 0.909. The van der Waals surface area contributed by atoms with Crippen LogP contribution in [0.15, 0.2) is 0 Å². The van der Waals surface area contributed by atoms with Gasteiger partial charge < -0.3 is 15.0 Å². The molecule has 1 aliphatic heterocycles. The van der Waals surface area contributed by atoms with Crippen molar-refractivity contribution < 1.29 is 9.53 Å². The molecule has 0 saturated carbocycles. The molecule has 1 saturated heterocycles. The van der Waals surface area contributed by atoms with Crippen LogP contribution in [0.3, 0.4) is 0 Å². The predicted octanol–water partition coefficient (Wildman–Crippen LogP) is 1.46. The first-order valence-corrected chi connectivity index (χ1v) is 5.79. The van der Waals surface area contributed by atoms with Crippen LogP contribution in [0.2, 0.25) is 0 Å². The minimum Gasteiger partial charge on any atom is -0.453 e. The maximum Gasteiger partial charge on any atom is 0.409 e. The zero-order valence-corrected chi connectivity index (χ0v) is 9.95. The number of carbonyl (C=O) groups excluding carboxylic acids is 1. The number of amides is 1. The molecule has 2 unspecified atom stereocenters. The van der Waals surface area contributed by atoms with E-state index in [9.17, 15) is 4.79 Å². The van der Waals surface area contributed by atoms with Gasteiger partial charge in [0.25, 0.3) is 0 Å². The van der Waals surface area contributed by atoms with Gasteiger partial charge in [0.1, 0.15) is 0 Å². The molecule has 2 atom stereocenters. The molecule has 1 heterocycles. The summed E-state index contributed by atoms with van der Waals surface area (Å²) in [7, 11) is 1.44. The van der Waals surface area contributed by atoms with Crippen LogP contribution in [0.5, 0.6) is 0 Å². The van der Waals surface area contributed by atoms with Crippen molar-refractivity contribution in [1.82, 2.24) is 10.2 Å². The van der Waals surface area contributed by atoms with Crippen LogP contribution in [0.25, 0.3) is 0 Å². The van der Waals surface area contributed by atoms with Gasteiger partial charge in [-0.1, -0.05) is 20.3 Å². The second-order valence-electron chi connectivity index (χ2n) is 4.04. The molecule has 0 spiro atoms. The molecule has 0 aliphatic carbocycles. The van der Waals surface area contributed by atoms with Crippen LogP contribution in [0.4, 0.5) is 4.79 Å². The molecule has 1 aliphatic rings. The number of rotatable bonds is 3. The standard InChI is InChI=1S/C11H22N2O2/c1-4-9-8-13(11(14)15-3)7-6-10(9)12-5-2/h9-10,12H,4-8H2,1-3H3. The molecule has 1 amide bonds. The van der Waals surface area contributed by atoms with Crippen LogP contribution >= 0.6 is 0 Å². The highest BCUT2D eigenvalue weighted by Gasteiger charge is 2.29. The molecule has 0 bridgehead atoms. The van der Waals surface area contributed by atoms with E-state index in [1.807, 2.05) is 4.90 Å². The van der Waals surface area contributed by atoms with Gasteiger partial charge in [-0.3, -0.25) is 0 Å². The minimum atomic E-state index is -0.191. The highest BCUT2D eigenvalue weighted by molar-refractivity contribution is 5.67. The summed E-state index contributed by atoms with van der Waals surface area (Å²) in [6, 6.07) is 0.556. The summed E-state index contributed by atoms with van der Waals surface area (Å²) in [6.45, 7) is 6.93. The summed E-state index contributed by atoms with van der Waals surface area (Å²) in [4.78, 5) is 13.2. The fourth-order valence-electron chi connectivity index (χ4n) is 2.27. The zero-order valence-electron chi connectivity index (χ0n) is 9.95. The average Bonchev–Trinajstić information content (AvgIpc) is 2.29. The van der Waals surface area contributed by atoms with Gasteiger partial charge in [0.15, 0.2) is 0 Å². The summed E-state index contributed by atoms with van der Waals surface area (Å²) in [5, 5.41) is 3.48. The summed E-state index contributed by atoms with van der Waals surface area (Å²) in [5.74, 6) is 0.554. The van der Waals surface area contributed by atoms with Gasteiger partial charge in [0, 0.05) is 19.1 Å². The normalized spacial score (nSPS) is 26.5. The van der Waals surface area contributed by atoms with E-state index in [1.165, 1.54) is 7.11 Å². The largest absolute Gasteiger partial charge is 0.453 e. The summed E-state index contributed by atoms with van der Waals surface area (Å²) in [5.41, 5.74) is 0. The third-order valence-corrected chi connectivity index (χ3v) is 3.16. The maximum atomic E-state index is 11.4. The SMILES string of the molecule is CCNC1CCN(C(=O)OC)CC1CC. The molecule has 4 heteroatoms. The van der Waals surface area contributed by atoms with Crippen molar-refractivity contribution in [2.24, 2.45) is 5.92 Å². The number of nitrogens with zero attached hydrogens (tertiary/aromatic N) is 1. The Labute approximate surface area is 92.0 Å². The van der Waals surface area contributed by atoms with Crippen molar-refractivity contribution in [2.75, 3.05) is 26.7 Å². The first kappa shape index (κ1) is 12.3. The Balaban J connectivity index is 2.50. The van der Waals surface area contributed by atoms with Crippen LogP contribution < -0.4 is 5.32 Å². The topological polar surface area (TPSA) is 41.6 Å². The summed E-state index contributed by atoms with van der Waals surface area (Å²) < 4.78 is 4.74. The highest BCUT2D eigenvalue weighted by Crippen LogP contribution is 2.20. The average molecular weight is 214 g/mol. The maximum absolute atomic E-state index is 11.4. The van der Waals surface area contributed by atoms with Crippen molar-refractivity contribution in [3.63, 3.8) is 0 Å². The van der Waals surface area contributed by atoms with Crippen molar-refractivity contribution >= 4 is 6.09 Å². The number of ether oxygens (including phenoxy) is 1. The lowest BCUT2D eigenvalue weighted by Crippen LogP contribution is -2.50. The second kappa shape index (κ2) is 5.95. The van der Waals surface area contributed by atoms with Crippen molar-refractivity contribution in [2.45, 2.75) is 32.7 Å². The zero-order chi connectivity index (χ0) is 11.3. The number of hydrogen-bond donors (Lipinski definition) is 1. The number of likely N-dealkylation sites (tertiary alicyclic amines) is 1. The first-order valence-electron chi connectivity index (χ1n) is 5.79. The van der Waals surface area contributed by atoms with E-state index in [4.69, 9.17) is 4.74 Å². The Bertz CT molecular complexity index is 209. The number of hydrogen-bond acceptors (Lipinski definition) is 3. The lowest BCUT2D eigenvalue weighted by Gasteiger charge is -2.37. The number of piperidine rings is 1. The van der Waals surface area contributed by atoms with Crippen LogP contribution in [0, 0.1) is 5.92 Å². The third kappa shape index (κ3) is 3.09. The molecule has 0 radical (unpaired) electrons. The molecule has 0 aromatic heterocycles. The van der Waals surface area contributed by atoms with Crippen molar-refractivity contribution in [3.05, 3.63) is 0 Å². The molecule has 1 fully saturated rings. The van der Waals surface area contributed by atoms with E-state index in [2.05, 4.69) is 19.2 Å². The molecule has 0 aromatic carbocycles. The van der Waals surface area contributed by atoms with E-state index in [1.54, 1.807) is 0 Å². The van der Waals surface area contributed by atoms with Gasteiger partial charge >= 0.3 is 6.09 Å². The summed E-state index contributed by atoms with van der Waals surface area (Å²) in [6.07, 6.45) is 1.94. The molecular weight excluding hydrogens is 192 g/mol. The Morgan fingerprint density at radius 2 is 2.27 bits per heavy atom. The van der Waals surface area contributed by atoms with E-state index in [-0.39, 0.29) is 6.09 Å². The molecule has 1 N–H and O–H groups in total. The fourth-order valence-corrected chi connectivity index (χ4v) is 2.27. The van der Waals surface area contributed by atoms with Gasteiger partial charge in [0.05, 0.1) is 7.11 Å². The van der Waals surface area contributed by atoms with E-state index < -0.39 is 0 Å². The van der Waals surface area contributed by atoms with E-state index in [0.29, 0.717) is 12.0 Å². The third-order valence-electron chi connectivity index (χ3n) is 3.16. The first-order chi connectivity index (χ1) is 7.22. The lowest BCUT2D eigenvalue weighted by molar-refractivity contribution is 0.0902. The highest BCUT2D eigenvalue weighted by atomic mass is 16.5. The Hall–Kier alpha value is -0.770. The van der Waals surface area contributed by atoms with Gasteiger partial charge in [-0.25, -0.2) is 4.79 Å². The Morgan fingerprint density at radius 3 is 2.80 bits per heavy atom. The molecule has 4 nitrogen and oxygen atoms in total. The summed E-state index contributed by atoms with van der Waals surface area (Å²) >= 11 is 0. The molecular formula is C11H22N2O2. The predicted molar refractivity (Wildman–Crippen MR) is 59.8 cm³/mol. The Kier molecular flexibility index (Phi) is 4.88. The van der Waals surface area contributed by atoms with Gasteiger partial charge in [0.2, 0.25) is 0 Å². The molecule has 88 valence electrons. The molecule has 15 heavy (non-hydrogen) atoms. The smallest absolute Gasteiger partial charge is 0.409 e. The molecule has 1 rings (SSSR count). The number of methoxy groups -OCH3 is 1. The van der Waals surface area contributed by atoms with Crippen LogP contribution in [0.1, 0.15) is 26.7 Å². The van der Waals surface area contributed by atoms with Crippen LogP contribution in [-0.2, 0) is 4.74 Å². The second-order valence-corrected chi connectivity index (χ2v) is 4.04. The van der Waals surface area contributed by atoms with Crippen molar-refractivity contribution in [1.29, 1.82) is 0 Å². The van der Waals surface area contributed by atoms with Crippen LogP contribution in [-0.4, -0.2) is 43.8 Å². The lowest BCUT2D eigenvalue weighted by atomic mass is 9.90. The van der Waals surface area contributed by atoms with Gasteiger partial charge in [-0.15, -0.1) is 0 Å². The number of nitrogens with one attached hydrogen (secondary N) is 1. The van der Waals surface area contributed by atoms with Gasteiger partial charge in [-0.2, -0.15) is 0 Å². The van der Waals surface area contributed by atoms with Gasteiger partial charge in [-0.05, 0) is 18.9 Å². The monoisotopic (exact) mass is 214 g/mol. The minimum absolute atomic E-state index is 0.191. The quantitative estimate of drug-likeness (QED) is 0.773.